The van der Waals surface area contributed by atoms with Gasteiger partial charge < -0.3 is 72.2 Å². The highest BCUT2D eigenvalue weighted by molar-refractivity contribution is 14.1. The average molecular weight is 1410 g/mol. The summed E-state index contributed by atoms with van der Waals surface area (Å²) in [6, 6.07) is 13.5. The monoisotopic (exact) mass is 1410 g/mol. The number of nitrogens with two attached hydrogens (primary N) is 2. The molecule has 8 atom stereocenters. The summed E-state index contributed by atoms with van der Waals surface area (Å²) >= 11 is 2.14. The molecule has 14 N–H and O–H groups in total. The fourth-order valence-electron chi connectivity index (χ4n) is 15.0. The summed E-state index contributed by atoms with van der Waals surface area (Å²) in [5, 5.41) is 110. The smallest absolute Gasteiger partial charge is 0.488 e. The second-order valence-corrected chi connectivity index (χ2v) is 30.2. The number of amides is 2. The second kappa shape index (κ2) is 26.0. The summed E-state index contributed by atoms with van der Waals surface area (Å²) in [6.45, 7) is 17.0. The Morgan fingerprint density at radius 1 is 0.574 bits per heavy atom. The molecule has 0 bridgehead atoms. The maximum absolute atomic E-state index is 14.3. The van der Waals surface area contributed by atoms with Crippen molar-refractivity contribution in [1.29, 1.82) is 0 Å². The van der Waals surface area contributed by atoms with Gasteiger partial charge in [-0.15, -0.1) is 0 Å². The SMILES string of the molecule is CN(C)[C@@H]1C(=O)C(C(N)=O)=C(O)[C@@]2(O)C(=O)C3=C(O)c4c(O)c(C(C)(C)C)cc(I)c4C[C@H]3C[C@@H]12.Cc1cc(CN(C)C)cc(-c2cc(C(C)(C)C)c(O)c3c2C[C@H]2C[C@H]4[C@H](N(C)C)C(=O)C(C(N)=O)=C(O)[C@@]4(O)C(=O)C2=C3O)c1.Cc1cc(CN(C)C)cc(B(O)O)c1. The van der Waals surface area contributed by atoms with E-state index in [0.717, 1.165) is 43.5 Å². The van der Waals surface area contributed by atoms with E-state index >= 15 is 0 Å². The Morgan fingerprint density at radius 2 is 0.957 bits per heavy atom. The van der Waals surface area contributed by atoms with Gasteiger partial charge in [-0.25, -0.2) is 0 Å². The average Bonchev–Trinajstić information content (AvgIpc) is 0.704. The number of primary amides is 2. The molecular formula is C70H88BIN6O16. The normalized spacial score (nSPS) is 24.3. The van der Waals surface area contributed by atoms with Gasteiger partial charge in [-0.05, 0) is 198 Å². The predicted molar refractivity (Wildman–Crippen MR) is 365 cm³/mol. The first-order chi connectivity index (χ1) is 43.3. The van der Waals surface area contributed by atoms with Crippen molar-refractivity contribution in [2.75, 3.05) is 56.4 Å². The molecule has 0 aromatic heterocycles. The van der Waals surface area contributed by atoms with Gasteiger partial charge in [0.25, 0.3) is 11.8 Å². The number of phenols is 2. The lowest BCUT2D eigenvalue weighted by molar-refractivity contribution is -0.155. The lowest BCUT2D eigenvalue weighted by atomic mass is 9.57. The largest absolute Gasteiger partial charge is 0.508 e. The molecule has 0 radical (unpaired) electrons. The number of rotatable bonds is 10. The van der Waals surface area contributed by atoms with Gasteiger partial charge in [0.1, 0.15) is 45.7 Å². The number of halogens is 1. The maximum Gasteiger partial charge on any atom is 0.488 e. The van der Waals surface area contributed by atoms with E-state index in [2.05, 4.69) is 45.7 Å². The third-order valence-electron chi connectivity index (χ3n) is 18.9. The van der Waals surface area contributed by atoms with Crippen molar-refractivity contribution < 1.29 is 79.7 Å². The van der Waals surface area contributed by atoms with Crippen molar-refractivity contribution in [3.05, 3.63) is 142 Å². The molecular weight excluding hydrogens is 1320 g/mol. The Morgan fingerprint density at radius 3 is 1.34 bits per heavy atom. The molecule has 0 spiro atoms. The van der Waals surface area contributed by atoms with Gasteiger partial charge in [-0.2, -0.15) is 0 Å². The quantitative estimate of drug-likeness (QED) is 0.0570. The number of Topliss-reactive ketones (excluding diaryl/α,β-unsaturated/α-hetero) is 4. The number of ketones is 4. The standard InChI is InChI=1S/C35H43N3O7.C25H29IN2O7.C10H16BNO2/c1-16-9-17(15-37(5)6)11-18(10-16)20-14-23(34(2,3)4)28(39)25-21(20)12-19-13-22-27(38(7)8)30(41)26(33(36)44)32(43)35(22,45)31(42)24(19)29(25)40;1-24(2,3)12-8-13(26)10-6-9-7-11-17(28(4)5)20(31)16(23(27)34)22(33)25(11,35)21(32)14(9)19(30)15(10)18(12)29;1-8-4-9(7-12(2)3)6-10(5-8)11(13)14/h9-11,14,19,22,27,39-40,43,45H,12-13,15H2,1-8H3,(H2,36,44);8-9,11,17,29-30,33,35H,6-7H2,1-5H3,(H2,27,34);4-6,13-14H,7H2,1-3H3/t19-,22-,27-,35-;9-,11-,17-,25-;/m00./s1. The van der Waals surface area contributed by atoms with E-state index in [1.165, 1.54) is 9.80 Å². The summed E-state index contributed by atoms with van der Waals surface area (Å²) in [6.07, 6.45) is 0.611. The molecule has 504 valence electrons. The number of likely N-dealkylation sites (N-methyl/N-ethyl adjacent to an activating group) is 2. The van der Waals surface area contributed by atoms with Crippen LogP contribution in [0.25, 0.3) is 22.6 Å². The summed E-state index contributed by atoms with van der Waals surface area (Å²) in [7, 11) is 12.9. The minimum Gasteiger partial charge on any atom is -0.508 e. The van der Waals surface area contributed by atoms with Crippen molar-refractivity contribution in [2.45, 2.75) is 128 Å². The van der Waals surface area contributed by atoms with E-state index in [1.807, 2.05) is 113 Å². The highest BCUT2D eigenvalue weighted by atomic mass is 127. The van der Waals surface area contributed by atoms with Crippen LogP contribution < -0.4 is 16.9 Å². The number of hydrogen-bond acceptors (Lipinski definition) is 20. The summed E-state index contributed by atoms with van der Waals surface area (Å²) in [4.78, 5) is 86.1. The third-order valence-corrected chi connectivity index (χ3v) is 19.9. The Labute approximate surface area is 561 Å². The van der Waals surface area contributed by atoms with Crippen molar-refractivity contribution in [1.82, 2.24) is 19.6 Å². The lowest BCUT2D eigenvalue weighted by Crippen LogP contribution is -2.65. The van der Waals surface area contributed by atoms with E-state index < -0.39 is 134 Å². The van der Waals surface area contributed by atoms with Crippen LogP contribution in [0.1, 0.15) is 110 Å². The zero-order valence-corrected chi connectivity index (χ0v) is 58.3. The molecule has 0 heterocycles. The zero-order chi connectivity index (χ0) is 70.6. The minimum absolute atomic E-state index is 0.0344. The molecule has 6 aliphatic carbocycles. The maximum atomic E-state index is 14.3. The number of fused-ring (bicyclic) bond motifs is 6. The summed E-state index contributed by atoms with van der Waals surface area (Å²) in [5.74, 6) is -13.0. The van der Waals surface area contributed by atoms with Crippen molar-refractivity contribution >= 4 is 81.6 Å². The number of aryl methyl sites for hydroxylation is 2. The van der Waals surface area contributed by atoms with Gasteiger partial charge in [0.2, 0.25) is 11.6 Å². The van der Waals surface area contributed by atoms with Crippen LogP contribution in [0, 0.1) is 41.1 Å². The van der Waals surface area contributed by atoms with Gasteiger partial charge in [-0.1, -0.05) is 83.0 Å². The minimum atomic E-state index is -2.68. The molecule has 2 saturated carbocycles. The molecule has 2 fully saturated rings. The van der Waals surface area contributed by atoms with E-state index in [9.17, 15) is 69.6 Å². The first kappa shape index (κ1) is 72.6. The Balaban J connectivity index is 0.000000204. The Hall–Kier alpha value is -7.27. The molecule has 22 nitrogen and oxygen atoms in total. The van der Waals surface area contributed by atoms with E-state index in [4.69, 9.17) is 21.5 Å². The number of aliphatic hydroxyl groups excluding tert-OH is 4. The lowest BCUT2D eigenvalue weighted by Gasteiger charge is -2.50. The number of nitrogens with zero attached hydrogens (tertiary/aromatic N) is 4. The Bertz CT molecular complexity index is 4000. The molecule has 0 unspecified atom stereocenters. The van der Waals surface area contributed by atoms with Crippen LogP contribution in [-0.2, 0) is 65.5 Å². The first-order valence-electron chi connectivity index (χ1n) is 30.9. The van der Waals surface area contributed by atoms with Gasteiger partial charge in [0.05, 0.1) is 23.2 Å². The molecule has 24 heteroatoms. The van der Waals surface area contributed by atoms with Crippen molar-refractivity contribution in [3.8, 4) is 22.6 Å². The van der Waals surface area contributed by atoms with E-state index in [0.29, 0.717) is 34.3 Å². The molecule has 10 rings (SSSR count). The first-order valence-corrected chi connectivity index (χ1v) is 32.0. The number of carbonyl (C=O) groups is 6. The molecule has 4 aromatic carbocycles. The van der Waals surface area contributed by atoms with Crippen molar-refractivity contribution in [2.24, 2.45) is 35.1 Å². The molecule has 6 aliphatic rings. The molecule has 0 aliphatic heterocycles. The van der Waals surface area contributed by atoms with Crippen LogP contribution in [0.2, 0.25) is 0 Å². The topological polar surface area (TPSA) is 370 Å². The van der Waals surface area contributed by atoms with E-state index in [1.54, 1.807) is 34.3 Å². The summed E-state index contributed by atoms with van der Waals surface area (Å²) in [5.41, 5.74) is 11.7. The third kappa shape index (κ3) is 12.6. The van der Waals surface area contributed by atoms with E-state index in [-0.39, 0.29) is 59.5 Å². The number of hydrogen-bond donors (Lipinski definition) is 12. The molecule has 94 heavy (non-hydrogen) atoms. The highest BCUT2D eigenvalue weighted by Gasteiger charge is 2.66. The van der Waals surface area contributed by atoms with Crippen LogP contribution in [0.5, 0.6) is 11.5 Å². The van der Waals surface area contributed by atoms with Gasteiger partial charge in [0.15, 0.2) is 22.8 Å². The number of aromatic hydroxyl groups is 2. The highest BCUT2D eigenvalue weighted by Crippen LogP contribution is 2.57. The number of phenolic OH excluding ortho intramolecular Hbond substituents is 2. The fraction of sp³-hybridized carbons (Fsp3) is 0.457. The van der Waals surface area contributed by atoms with Crippen LogP contribution >= 0.6 is 22.6 Å². The van der Waals surface area contributed by atoms with Gasteiger partial charge in [-0.3, -0.25) is 38.6 Å². The number of carbonyl (C=O) groups excluding carboxylic acids is 6. The number of aliphatic hydroxyl groups is 6. The predicted octanol–water partition coefficient (Wildman–Crippen LogP) is 4.90. The Kier molecular flexibility index (Phi) is 20.1. The number of benzene rings is 4. The van der Waals surface area contributed by atoms with Crippen molar-refractivity contribution in [3.63, 3.8) is 0 Å². The van der Waals surface area contributed by atoms with Gasteiger partial charge in [0, 0.05) is 50.8 Å². The van der Waals surface area contributed by atoms with Gasteiger partial charge >= 0.3 is 7.12 Å². The summed E-state index contributed by atoms with van der Waals surface area (Å²) < 4.78 is 0.807. The molecule has 4 aromatic rings. The molecule has 0 saturated heterocycles. The van der Waals surface area contributed by atoms with Crippen LogP contribution in [0.4, 0.5) is 0 Å². The van der Waals surface area contributed by atoms with Crippen LogP contribution in [-0.4, -0.2) is 192 Å². The zero-order valence-electron chi connectivity index (χ0n) is 56.1. The molecule has 2 amide bonds. The van der Waals surface area contributed by atoms with Crippen LogP contribution in [0.15, 0.2) is 82.3 Å². The fourth-order valence-corrected chi connectivity index (χ4v) is 15.8. The second-order valence-electron chi connectivity index (χ2n) is 29.0. The van der Waals surface area contributed by atoms with Crippen LogP contribution in [0.3, 0.4) is 0 Å².